The van der Waals surface area contributed by atoms with E-state index in [1.54, 1.807) is 0 Å². The Morgan fingerprint density at radius 3 is 1.96 bits per heavy atom. The van der Waals surface area contributed by atoms with Crippen LogP contribution in [-0.4, -0.2) is 58.0 Å². The third-order valence-electron chi connectivity index (χ3n) is 3.46. The largest absolute Gasteiger partial charge is 0.756 e. The first-order chi connectivity index (χ1) is 11.7. The Hall–Kier alpha value is -0.720. The number of likely N-dealkylation sites (N-methyl/N-ethyl adjacent to an activating group) is 1. The number of carbonyl (C=O) groups is 1. The van der Waals surface area contributed by atoms with Gasteiger partial charge in [0.05, 0.1) is 34.4 Å². The van der Waals surface area contributed by atoms with Crippen LogP contribution in [0.15, 0.2) is 12.7 Å². The van der Waals surface area contributed by atoms with Crippen LogP contribution in [0.5, 0.6) is 0 Å². The molecule has 0 spiro atoms. The summed E-state index contributed by atoms with van der Waals surface area (Å²) in [7, 11) is 1.73. The molecule has 0 aliphatic rings. The van der Waals surface area contributed by atoms with Crippen molar-refractivity contribution < 1.29 is 32.5 Å². The third-order valence-corrected chi connectivity index (χ3v) is 4.46. The summed E-state index contributed by atoms with van der Waals surface area (Å²) in [4.78, 5) is 22.4. The van der Waals surface area contributed by atoms with Crippen molar-refractivity contribution in [1.82, 2.24) is 0 Å². The Bertz CT molecular complexity index is 422. The Kier molecular flexibility index (Phi) is 13.1. The molecule has 0 aliphatic carbocycles. The van der Waals surface area contributed by atoms with Gasteiger partial charge in [0.25, 0.3) is 7.82 Å². The second-order valence-electron chi connectivity index (χ2n) is 6.97. The van der Waals surface area contributed by atoms with Crippen LogP contribution in [0.1, 0.15) is 44.9 Å². The first-order valence-corrected chi connectivity index (χ1v) is 10.3. The second-order valence-corrected chi connectivity index (χ2v) is 8.38. The normalized spacial score (nSPS) is 14.1. The molecule has 0 bridgehead atoms. The van der Waals surface area contributed by atoms with Crippen molar-refractivity contribution in [2.24, 2.45) is 0 Å². The van der Waals surface area contributed by atoms with Crippen molar-refractivity contribution in [3.8, 4) is 0 Å². The van der Waals surface area contributed by atoms with Gasteiger partial charge in [0.1, 0.15) is 13.2 Å². The van der Waals surface area contributed by atoms with E-state index in [0.29, 0.717) is 24.1 Å². The molecule has 7 nitrogen and oxygen atoms in total. The summed E-state index contributed by atoms with van der Waals surface area (Å²) < 4.78 is 26.8. The standard InChI is InChI=1S/C17H34NO6P/c1-5-17(19)22-14-11-9-7-6-8-10-12-15-23-25(20,21)24-16-13-18(2,3)4/h5H,1,6-16H2,2-4H3. The van der Waals surface area contributed by atoms with Gasteiger partial charge in [-0.2, -0.15) is 0 Å². The van der Waals surface area contributed by atoms with Crippen LogP contribution in [0.3, 0.4) is 0 Å². The first-order valence-electron chi connectivity index (χ1n) is 8.86. The number of unbranched alkanes of at least 4 members (excludes halogenated alkanes) is 6. The van der Waals surface area contributed by atoms with Crippen molar-refractivity contribution in [1.29, 1.82) is 0 Å². The molecule has 148 valence electrons. The summed E-state index contributed by atoms with van der Waals surface area (Å²) in [6.07, 6.45) is 7.82. The topological polar surface area (TPSA) is 84.9 Å². The van der Waals surface area contributed by atoms with E-state index in [1.807, 2.05) is 21.1 Å². The van der Waals surface area contributed by atoms with E-state index in [2.05, 4.69) is 6.58 Å². The predicted octanol–water partition coefficient (Wildman–Crippen LogP) is 2.65. The smallest absolute Gasteiger partial charge is 0.330 e. The lowest BCUT2D eigenvalue weighted by Crippen LogP contribution is -2.37. The fourth-order valence-corrected chi connectivity index (χ4v) is 2.69. The van der Waals surface area contributed by atoms with Crippen LogP contribution >= 0.6 is 7.82 Å². The van der Waals surface area contributed by atoms with Crippen molar-refractivity contribution in [3.05, 3.63) is 12.7 Å². The number of carbonyl (C=O) groups excluding carboxylic acids is 1. The van der Waals surface area contributed by atoms with E-state index >= 15 is 0 Å². The highest BCUT2D eigenvalue weighted by molar-refractivity contribution is 7.45. The summed E-state index contributed by atoms with van der Waals surface area (Å²) in [5, 5.41) is 0. The number of nitrogens with zero attached hydrogens (tertiary/aromatic N) is 1. The fraction of sp³-hybridized carbons (Fsp3) is 0.824. The number of ether oxygens (including phenoxy) is 1. The molecule has 0 aromatic rings. The zero-order chi connectivity index (χ0) is 19.2. The molecule has 0 radical (unpaired) electrons. The van der Waals surface area contributed by atoms with Crippen LogP contribution in [0.25, 0.3) is 0 Å². The molecule has 1 atom stereocenters. The van der Waals surface area contributed by atoms with Gasteiger partial charge in [-0.25, -0.2) is 4.79 Å². The molecule has 0 saturated carbocycles. The molecule has 25 heavy (non-hydrogen) atoms. The van der Waals surface area contributed by atoms with Gasteiger partial charge in [-0.15, -0.1) is 0 Å². The molecule has 8 heteroatoms. The average Bonchev–Trinajstić information content (AvgIpc) is 2.50. The van der Waals surface area contributed by atoms with E-state index in [9.17, 15) is 14.3 Å². The van der Waals surface area contributed by atoms with Crippen LogP contribution in [0.2, 0.25) is 0 Å². The summed E-state index contributed by atoms with van der Waals surface area (Å²) in [5.74, 6) is -0.378. The molecule has 1 unspecified atom stereocenters. The van der Waals surface area contributed by atoms with Crippen molar-refractivity contribution in [2.45, 2.75) is 44.9 Å². The van der Waals surface area contributed by atoms with E-state index < -0.39 is 7.82 Å². The van der Waals surface area contributed by atoms with Gasteiger partial charge in [0.15, 0.2) is 0 Å². The molecule has 0 amide bonds. The Morgan fingerprint density at radius 2 is 1.44 bits per heavy atom. The number of hydrogen-bond donors (Lipinski definition) is 0. The van der Waals surface area contributed by atoms with E-state index in [0.717, 1.165) is 44.6 Å². The maximum absolute atomic E-state index is 11.6. The van der Waals surface area contributed by atoms with E-state index in [-0.39, 0.29) is 19.2 Å². The minimum Gasteiger partial charge on any atom is -0.756 e. The molecular weight excluding hydrogens is 345 g/mol. The van der Waals surface area contributed by atoms with Gasteiger partial charge in [-0.1, -0.05) is 38.7 Å². The molecular formula is C17H34NO6P. The number of rotatable bonds is 16. The summed E-state index contributed by atoms with van der Waals surface area (Å²) in [6, 6.07) is 0. The van der Waals surface area contributed by atoms with Crippen LogP contribution in [0, 0.1) is 0 Å². The number of quaternary nitrogens is 1. The molecule has 0 fully saturated rings. The molecule has 0 saturated heterocycles. The highest BCUT2D eigenvalue weighted by Gasteiger charge is 2.12. The van der Waals surface area contributed by atoms with Crippen LogP contribution in [-0.2, 0) is 23.1 Å². The Morgan fingerprint density at radius 1 is 0.960 bits per heavy atom. The maximum atomic E-state index is 11.6. The third kappa shape index (κ3) is 17.9. The average molecular weight is 379 g/mol. The minimum atomic E-state index is -4.17. The van der Waals surface area contributed by atoms with E-state index in [1.165, 1.54) is 0 Å². The SMILES string of the molecule is C=CC(=O)OCCCCCCCCCOP(=O)([O-])OCC[N+](C)(C)C. The number of hydrogen-bond acceptors (Lipinski definition) is 6. The number of phosphoric acid groups is 1. The highest BCUT2D eigenvalue weighted by atomic mass is 31.2. The molecule has 0 heterocycles. The minimum absolute atomic E-state index is 0.131. The predicted molar refractivity (Wildman–Crippen MR) is 95.9 cm³/mol. The molecule has 0 N–H and O–H groups in total. The van der Waals surface area contributed by atoms with Gasteiger partial charge >= 0.3 is 5.97 Å². The lowest BCUT2D eigenvalue weighted by molar-refractivity contribution is -0.870. The van der Waals surface area contributed by atoms with Gasteiger partial charge in [-0.05, 0) is 12.8 Å². The number of phosphoric ester groups is 1. The van der Waals surface area contributed by atoms with Crippen molar-refractivity contribution >= 4 is 13.8 Å². The van der Waals surface area contributed by atoms with Crippen molar-refractivity contribution in [3.63, 3.8) is 0 Å². The Labute approximate surface area is 152 Å². The lowest BCUT2D eigenvalue weighted by Gasteiger charge is -2.27. The summed E-state index contributed by atoms with van der Waals surface area (Å²) in [5.41, 5.74) is 0. The maximum Gasteiger partial charge on any atom is 0.330 e. The van der Waals surface area contributed by atoms with Gasteiger partial charge in [0, 0.05) is 6.08 Å². The monoisotopic (exact) mass is 379 g/mol. The second kappa shape index (κ2) is 13.5. The van der Waals surface area contributed by atoms with Crippen molar-refractivity contribution in [2.75, 3.05) is 47.5 Å². The molecule has 0 aromatic heterocycles. The fourth-order valence-electron chi connectivity index (χ4n) is 1.96. The van der Waals surface area contributed by atoms with Crippen LogP contribution in [0.4, 0.5) is 0 Å². The highest BCUT2D eigenvalue weighted by Crippen LogP contribution is 2.38. The van der Waals surface area contributed by atoms with Gasteiger partial charge in [0.2, 0.25) is 0 Å². The summed E-state index contributed by atoms with van der Waals surface area (Å²) >= 11 is 0. The Balaban J connectivity index is 3.43. The quantitative estimate of drug-likeness (QED) is 0.135. The zero-order valence-corrected chi connectivity index (χ0v) is 16.8. The lowest BCUT2D eigenvalue weighted by atomic mass is 10.1. The molecule has 0 aliphatic heterocycles. The van der Waals surface area contributed by atoms with Crippen LogP contribution < -0.4 is 4.89 Å². The number of esters is 1. The summed E-state index contributed by atoms with van der Waals surface area (Å²) in [6.45, 7) is 4.67. The van der Waals surface area contributed by atoms with Gasteiger partial charge in [-0.3, -0.25) is 4.57 Å². The van der Waals surface area contributed by atoms with Gasteiger partial charge < -0.3 is 23.2 Å². The zero-order valence-electron chi connectivity index (χ0n) is 15.9. The molecule has 0 rings (SSSR count). The first kappa shape index (κ1) is 24.3. The molecule has 0 aromatic carbocycles. The van der Waals surface area contributed by atoms with E-state index in [4.69, 9.17) is 13.8 Å².